The van der Waals surface area contributed by atoms with Crippen LogP contribution in [-0.2, 0) is 28.9 Å². The van der Waals surface area contributed by atoms with Gasteiger partial charge in [-0.25, -0.2) is 0 Å². The summed E-state index contributed by atoms with van der Waals surface area (Å²) in [5.41, 5.74) is 8.92. The van der Waals surface area contributed by atoms with Crippen LogP contribution in [0.15, 0.2) is 109 Å². The van der Waals surface area contributed by atoms with E-state index < -0.39 is 11.6 Å². The van der Waals surface area contributed by atoms with Gasteiger partial charge in [0.1, 0.15) is 6.04 Å². The van der Waals surface area contributed by atoms with Crippen molar-refractivity contribution >= 4 is 22.6 Å². The number of carbonyl (C=O) groups is 2. The van der Waals surface area contributed by atoms with Crippen LogP contribution in [0.2, 0.25) is 0 Å². The van der Waals surface area contributed by atoms with Crippen LogP contribution in [0.5, 0.6) is 0 Å². The summed E-state index contributed by atoms with van der Waals surface area (Å²) in [6, 6.07) is 29.9. The molecule has 0 radical (unpaired) electrons. The highest BCUT2D eigenvalue weighted by Gasteiger charge is 2.32. The van der Waals surface area contributed by atoms with E-state index >= 15 is 0 Å². The van der Waals surface area contributed by atoms with E-state index in [0.717, 1.165) is 40.6 Å². The summed E-state index contributed by atoms with van der Waals surface area (Å²) in [6.45, 7) is 5.33. The number of amides is 2. The Kier molecular flexibility index (Phi) is 12.2. The van der Waals surface area contributed by atoms with Gasteiger partial charge in [0.05, 0.1) is 0 Å². The van der Waals surface area contributed by atoms with Gasteiger partial charge in [0, 0.05) is 63.5 Å². The number of hydrogen-bond donors (Lipinski definition) is 1. The minimum Gasteiger partial charge on any atom is -0.339 e. The fourth-order valence-electron chi connectivity index (χ4n) is 5.64. The molecule has 7 nitrogen and oxygen atoms in total. The molecule has 0 aliphatic rings. The summed E-state index contributed by atoms with van der Waals surface area (Å²) in [7, 11) is 5.69. The molecule has 242 valence electrons. The molecule has 0 spiro atoms. The zero-order chi connectivity index (χ0) is 33.1. The van der Waals surface area contributed by atoms with Crippen molar-refractivity contribution < 1.29 is 9.59 Å². The molecule has 4 rings (SSSR count). The number of pyridine rings is 1. The van der Waals surface area contributed by atoms with E-state index in [-0.39, 0.29) is 17.9 Å². The molecule has 0 saturated carbocycles. The lowest BCUT2D eigenvalue weighted by molar-refractivity contribution is -0.143. The van der Waals surface area contributed by atoms with E-state index in [1.165, 1.54) is 0 Å². The first kappa shape index (κ1) is 34.5. The largest absolute Gasteiger partial charge is 0.339 e. The van der Waals surface area contributed by atoms with Crippen LogP contribution in [0.4, 0.5) is 0 Å². The Bertz CT molecular complexity index is 1580. The third-order valence-corrected chi connectivity index (χ3v) is 8.46. The lowest BCUT2D eigenvalue weighted by atomic mass is 9.98. The molecule has 46 heavy (non-hydrogen) atoms. The molecule has 2 N–H and O–H groups in total. The van der Waals surface area contributed by atoms with E-state index in [2.05, 4.69) is 59.4 Å². The van der Waals surface area contributed by atoms with Gasteiger partial charge in [-0.05, 0) is 73.8 Å². The lowest BCUT2D eigenvalue weighted by Gasteiger charge is -2.36. The molecule has 2 amide bonds. The summed E-state index contributed by atoms with van der Waals surface area (Å²) >= 11 is 0. The van der Waals surface area contributed by atoms with Gasteiger partial charge in [0.2, 0.25) is 11.8 Å². The molecule has 0 fully saturated rings. The van der Waals surface area contributed by atoms with Crippen molar-refractivity contribution in [3.05, 3.63) is 126 Å². The van der Waals surface area contributed by atoms with E-state index in [0.29, 0.717) is 25.8 Å². The van der Waals surface area contributed by atoms with Crippen LogP contribution < -0.4 is 5.73 Å². The number of likely N-dealkylation sites (N-methyl/N-ethyl adjacent to an activating group) is 3. The predicted molar refractivity (Wildman–Crippen MR) is 188 cm³/mol. The third-order valence-electron chi connectivity index (χ3n) is 8.46. The molecule has 0 aliphatic carbocycles. The molecule has 2 atom stereocenters. The van der Waals surface area contributed by atoms with E-state index in [1.807, 2.05) is 80.5 Å². The molecule has 1 heterocycles. The number of nitrogens with two attached hydrogens (primary N) is 1. The highest BCUT2D eigenvalue weighted by atomic mass is 16.2. The summed E-state index contributed by atoms with van der Waals surface area (Å²) < 4.78 is 0. The highest BCUT2D eigenvalue weighted by Crippen LogP contribution is 2.20. The molecule has 0 bridgehead atoms. The van der Waals surface area contributed by atoms with Crippen molar-refractivity contribution in [1.29, 1.82) is 0 Å². The maximum atomic E-state index is 14.5. The second kappa shape index (κ2) is 16.3. The molecule has 0 aliphatic heterocycles. The van der Waals surface area contributed by atoms with Gasteiger partial charge in [-0.1, -0.05) is 84.9 Å². The van der Waals surface area contributed by atoms with Crippen molar-refractivity contribution in [2.75, 3.05) is 34.2 Å². The smallest absolute Gasteiger partial charge is 0.246 e. The third kappa shape index (κ3) is 10.4. The second-order valence-corrected chi connectivity index (χ2v) is 13.1. The van der Waals surface area contributed by atoms with Crippen molar-refractivity contribution in [2.45, 2.75) is 57.2 Å². The molecule has 0 unspecified atom stereocenters. The van der Waals surface area contributed by atoms with Crippen LogP contribution in [0, 0.1) is 0 Å². The van der Waals surface area contributed by atoms with Gasteiger partial charge in [0.25, 0.3) is 0 Å². The first-order valence-electron chi connectivity index (χ1n) is 16.1. The quantitative estimate of drug-likeness (QED) is 0.177. The average molecular weight is 620 g/mol. The summed E-state index contributed by atoms with van der Waals surface area (Å²) in [5, 5.41) is 2.25. The van der Waals surface area contributed by atoms with Crippen molar-refractivity contribution in [1.82, 2.24) is 19.7 Å². The maximum Gasteiger partial charge on any atom is 0.246 e. The van der Waals surface area contributed by atoms with Gasteiger partial charge < -0.3 is 20.4 Å². The molecule has 3 aromatic carbocycles. The van der Waals surface area contributed by atoms with Gasteiger partial charge in [-0.3, -0.25) is 14.6 Å². The number of fused-ring (bicyclic) bond motifs is 1. The molecular formula is C39H49N5O2. The van der Waals surface area contributed by atoms with Crippen LogP contribution in [0.3, 0.4) is 0 Å². The molecule has 4 aromatic rings. The zero-order valence-corrected chi connectivity index (χ0v) is 28.0. The number of rotatable bonds is 15. The highest BCUT2D eigenvalue weighted by molar-refractivity contribution is 5.93. The predicted octanol–water partition coefficient (Wildman–Crippen LogP) is 5.53. The Balaban J connectivity index is 1.59. The van der Waals surface area contributed by atoms with Crippen LogP contribution in [0.1, 0.15) is 37.1 Å². The van der Waals surface area contributed by atoms with Gasteiger partial charge in [0.15, 0.2) is 0 Å². The first-order valence-corrected chi connectivity index (χ1v) is 16.1. The van der Waals surface area contributed by atoms with Crippen molar-refractivity contribution in [3.63, 3.8) is 0 Å². The van der Waals surface area contributed by atoms with E-state index in [4.69, 9.17) is 5.73 Å². The van der Waals surface area contributed by atoms with E-state index in [9.17, 15) is 9.59 Å². The van der Waals surface area contributed by atoms with Crippen molar-refractivity contribution in [3.8, 4) is 0 Å². The lowest BCUT2D eigenvalue weighted by Crippen LogP contribution is -2.54. The Morgan fingerprint density at radius 2 is 1.52 bits per heavy atom. The number of nitrogens with zero attached hydrogens (tertiary/aromatic N) is 4. The molecular weight excluding hydrogens is 570 g/mol. The zero-order valence-electron chi connectivity index (χ0n) is 28.0. The Labute approximate surface area is 274 Å². The number of hydrogen-bond acceptors (Lipinski definition) is 5. The monoisotopic (exact) mass is 619 g/mol. The number of benzene rings is 3. The minimum atomic E-state index is -0.689. The standard InChI is InChI=1S/C39H49N5O2/c1-39(2,40)23-13-19-37(45)44(5)36(28-31-20-21-32-16-9-10-17-33(32)26-31)38(46)43(4)35(27-30-14-7-6-8-15-30)29-42(3)25-22-34-18-11-12-24-41-34/h6-21,24,26,35-36H,22-23,25,27-29,40H2,1-5H3/t35-,36-/m1/s1. The van der Waals surface area contributed by atoms with Gasteiger partial charge in [-0.2, -0.15) is 0 Å². The van der Waals surface area contributed by atoms with Crippen LogP contribution in [0.25, 0.3) is 10.8 Å². The second-order valence-electron chi connectivity index (χ2n) is 13.1. The Morgan fingerprint density at radius 3 is 2.22 bits per heavy atom. The minimum absolute atomic E-state index is 0.0874. The first-order chi connectivity index (χ1) is 22.0. The van der Waals surface area contributed by atoms with Gasteiger partial charge >= 0.3 is 0 Å². The number of aromatic nitrogens is 1. The summed E-state index contributed by atoms with van der Waals surface area (Å²) in [5.74, 6) is -0.306. The Morgan fingerprint density at radius 1 is 0.826 bits per heavy atom. The summed E-state index contributed by atoms with van der Waals surface area (Å²) in [6.07, 6.45) is 7.64. The maximum absolute atomic E-state index is 14.5. The normalized spacial score (nSPS) is 13.2. The molecule has 1 aromatic heterocycles. The van der Waals surface area contributed by atoms with Crippen molar-refractivity contribution in [2.24, 2.45) is 5.73 Å². The van der Waals surface area contributed by atoms with Crippen LogP contribution >= 0.6 is 0 Å². The fourth-order valence-corrected chi connectivity index (χ4v) is 5.64. The summed E-state index contributed by atoms with van der Waals surface area (Å²) in [4.78, 5) is 38.2. The Hall–Kier alpha value is -4.33. The van der Waals surface area contributed by atoms with E-state index in [1.54, 1.807) is 24.1 Å². The average Bonchev–Trinajstić information content (AvgIpc) is 3.05. The van der Waals surface area contributed by atoms with Gasteiger partial charge in [-0.15, -0.1) is 0 Å². The topological polar surface area (TPSA) is 82.8 Å². The molecule has 7 heteroatoms. The number of carbonyl (C=O) groups excluding carboxylic acids is 2. The molecule has 0 saturated heterocycles. The fraction of sp³-hybridized carbons (Fsp3) is 0.359. The van der Waals surface area contributed by atoms with Crippen LogP contribution in [-0.4, -0.2) is 83.4 Å². The SMILES string of the molecule is CN(CCc1ccccn1)C[C@@H](Cc1ccccc1)N(C)C(=O)[C@@H](Cc1ccc2ccccc2c1)N(C)C(=O)C=CCC(C)(C)N.